The van der Waals surface area contributed by atoms with Crippen molar-refractivity contribution in [2.45, 2.75) is 6.42 Å². The van der Waals surface area contributed by atoms with Crippen LogP contribution in [0.25, 0.3) is 11.0 Å². The summed E-state index contributed by atoms with van der Waals surface area (Å²) in [5.41, 5.74) is 1.86. The van der Waals surface area contributed by atoms with E-state index in [-0.39, 0.29) is 18.9 Å². The van der Waals surface area contributed by atoms with E-state index in [1.807, 2.05) is 0 Å². The lowest BCUT2D eigenvalue weighted by molar-refractivity contribution is -0.117. The van der Waals surface area contributed by atoms with Crippen molar-refractivity contribution in [3.63, 3.8) is 0 Å². The minimum absolute atomic E-state index is 0.00803. The molecule has 1 saturated heterocycles. The highest BCUT2D eigenvalue weighted by Crippen LogP contribution is 2.35. The number of rotatable bonds is 3. The Morgan fingerprint density at radius 1 is 1.32 bits per heavy atom. The van der Waals surface area contributed by atoms with Gasteiger partial charge < -0.3 is 4.90 Å². The van der Waals surface area contributed by atoms with Crippen molar-refractivity contribution >= 4 is 48.8 Å². The molecule has 0 spiro atoms. The Morgan fingerprint density at radius 2 is 2.05 bits per heavy atom. The maximum Gasteiger partial charge on any atom is 0.302 e. The van der Waals surface area contributed by atoms with E-state index >= 15 is 0 Å². The van der Waals surface area contributed by atoms with Gasteiger partial charge in [-0.15, -0.1) is 3.89 Å². The minimum Gasteiger partial charge on any atom is -0.311 e. The van der Waals surface area contributed by atoms with Crippen molar-refractivity contribution in [3.05, 3.63) is 29.0 Å². The van der Waals surface area contributed by atoms with Crippen LogP contribution in [-0.2, 0) is 15.0 Å². The lowest BCUT2D eigenvalue weighted by Gasteiger charge is -2.18. The summed E-state index contributed by atoms with van der Waals surface area (Å²) in [6, 6.07) is 3.44. The smallest absolute Gasteiger partial charge is 0.302 e. The Labute approximate surface area is 134 Å². The molecule has 1 aliphatic heterocycles. The van der Waals surface area contributed by atoms with Crippen LogP contribution in [0.4, 0.5) is 9.57 Å². The average molecular weight is 388 g/mol. The van der Waals surface area contributed by atoms with Gasteiger partial charge in [0, 0.05) is 31.3 Å². The van der Waals surface area contributed by atoms with Gasteiger partial charge in [0.05, 0.1) is 21.4 Å². The number of carbonyl (C=O) groups excluding carboxylic acids is 1. The molecule has 1 aromatic carbocycles. The number of aromatic nitrogens is 2. The Balaban J connectivity index is 1.94. The number of hydrogen-bond acceptors (Lipinski definition) is 5. The molecular formula is C13H11BrFN3O3S. The molecule has 2 aromatic rings. The largest absolute Gasteiger partial charge is 0.311 e. The first kappa shape index (κ1) is 15.3. The van der Waals surface area contributed by atoms with Gasteiger partial charge in [0.1, 0.15) is 5.52 Å². The van der Waals surface area contributed by atoms with Crippen LogP contribution in [-0.4, -0.2) is 36.6 Å². The highest BCUT2D eigenvalue weighted by Gasteiger charge is 2.34. The van der Waals surface area contributed by atoms with Gasteiger partial charge in [0.25, 0.3) is 0 Å². The van der Waals surface area contributed by atoms with Gasteiger partial charge in [0.15, 0.2) is 0 Å². The highest BCUT2D eigenvalue weighted by atomic mass is 79.9. The van der Waals surface area contributed by atoms with Crippen LogP contribution in [0.5, 0.6) is 0 Å². The zero-order valence-electron chi connectivity index (χ0n) is 11.2. The van der Waals surface area contributed by atoms with E-state index < -0.39 is 21.9 Å². The van der Waals surface area contributed by atoms with Crippen LogP contribution in [0, 0.1) is 5.92 Å². The summed E-state index contributed by atoms with van der Waals surface area (Å²) in [4.78, 5) is 21.9. The zero-order chi connectivity index (χ0) is 15.9. The van der Waals surface area contributed by atoms with Crippen molar-refractivity contribution < 1.29 is 17.1 Å². The average Bonchev–Trinajstić information content (AvgIpc) is 2.78. The molecule has 2 heterocycles. The van der Waals surface area contributed by atoms with E-state index in [1.54, 1.807) is 24.5 Å². The quantitative estimate of drug-likeness (QED) is 0.752. The van der Waals surface area contributed by atoms with Gasteiger partial charge in [-0.2, -0.15) is 8.42 Å². The number of amides is 1. The fourth-order valence-corrected chi connectivity index (χ4v) is 4.05. The fourth-order valence-electron chi connectivity index (χ4n) is 2.61. The monoisotopic (exact) mass is 387 g/mol. The Bertz CT molecular complexity index is 859. The molecule has 1 atom stereocenters. The normalized spacial score (nSPS) is 19.1. The lowest BCUT2D eigenvalue weighted by atomic mass is 10.1. The summed E-state index contributed by atoms with van der Waals surface area (Å²) >= 11 is 3.41. The summed E-state index contributed by atoms with van der Waals surface area (Å²) in [6.45, 7) is 0.159. The van der Waals surface area contributed by atoms with Gasteiger partial charge in [-0.05, 0) is 28.1 Å². The van der Waals surface area contributed by atoms with E-state index in [2.05, 4.69) is 25.9 Å². The Morgan fingerprint density at radius 3 is 2.77 bits per heavy atom. The topological polar surface area (TPSA) is 80.2 Å². The summed E-state index contributed by atoms with van der Waals surface area (Å²) < 4.78 is 34.9. The molecular weight excluding hydrogens is 377 g/mol. The van der Waals surface area contributed by atoms with Gasteiger partial charge in [-0.1, -0.05) is 0 Å². The first-order chi connectivity index (χ1) is 10.3. The van der Waals surface area contributed by atoms with Crippen LogP contribution in [0.2, 0.25) is 0 Å². The molecule has 1 aromatic heterocycles. The maximum absolute atomic E-state index is 12.8. The lowest BCUT2D eigenvalue weighted by Crippen LogP contribution is -2.25. The predicted molar refractivity (Wildman–Crippen MR) is 82.6 cm³/mol. The molecule has 6 nitrogen and oxygen atoms in total. The summed E-state index contributed by atoms with van der Waals surface area (Å²) in [6.07, 6.45) is 3.12. The molecule has 3 rings (SSSR count). The third-order valence-electron chi connectivity index (χ3n) is 3.49. The van der Waals surface area contributed by atoms with Crippen LogP contribution in [0.3, 0.4) is 0 Å². The molecule has 116 valence electrons. The number of halogens is 2. The SMILES string of the molecule is O=C1CC(CS(=O)(=O)F)CN1c1ccc2nccnc2c1Br. The highest BCUT2D eigenvalue weighted by molar-refractivity contribution is 9.10. The molecule has 22 heavy (non-hydrogen) atoms. The van der Waals surface area contributed by atoms with Gasteiger partial charge in [0.2, 0.25) is 5.91 Å². The van der Waals surface area contributed by atoms with Crippen LogP contribution in [0.1, 0.15) is 6.42 Å². The second kappa shape index (κ2) is 5.54. The van der Waals surface area contributed by atoms with Gasteiger partial charge in [-0.3, -0.25) is 14.8 Å². The molecule has 1 amide bonds. The molecule has 0 saturated carbocycles. The summed E-state index contributed by atoms with van der Waals surface area (Å²) in [5, 5.41) is 0. The van der Waals surface area contributed by atoms with Gasteiger partial charge in [-0.25, -0.2) is 0 Å². The van der Waals surface area contributed by atoms with Crippen molar-refractivity contribution in [2.75, 3.05) is 17.2 Å². The minimum atomic E-state index is -4.59. The summed E-state index contributed by atoms with van der Waals surface area (Å²) in [5.74, 6) is -1.43. The van der Waals surface area contributed by atoms with E-state index in [9.17, 15) is 17.1 Å². The Hall–Kier alpha value is -1.61. The fraction of sp³-hybridized carbons (Fsp3) is 0.308. The number of nitrogens with zero attached hydrogens (tertiary/aromatic N) is 3. The molecule has 0 radical (unpaired) electrons. The first-order valence-electron chi connectivity index (χ1n) is 6.47. The first-order valence-corrected chi connectivity index (χ1v) is 8.81. The van der Waals surface area contributed by atoms with E-state index in [4.69, 9.17) is 0 Å². The number of carbonyl (C=O) groups is 1. The molecule has 0 bridgehead atoms. The molecule has 1 unspecified atom stereocenters. The third-order valence-corrected chi connectivity index (χ3v) is 5.14. The number of fused-ring (bicyclic) bond motifs is 1. The van der Waals surface area contributed by atoms with Crippen molar-refractivity contribution in [2.24, 2.45) is 5.92 Å². The Kier molecular flexibility index (Phi) is 3.85. The summed E-state index contributed by atoms with van der Waals surface area (Å²) in [7, 11) is -4.59. The predicted octanol–water partition coefficient (Wildman–Crippen LogP) is 2.04. The molecule has 1 fully saturated rings. The number of hydrogen-bond donors (Lipinski definition) is 0. The van der Waals surface area contributed by atoms with E-state index in [0.717, 1.165) is 0 Å². The molecule has 0 N–H and O–H groups in total. The zero-order valence-corrected chi connectivity index (χ0v) is 13.6. The third kappa shape index (κ3) is 2.95. The van der Waals surface area contributed by atoms with Gasteiger partial charge >= 0.3 is 10.2 Å². The van der Waals surface area contributed by atoms with Crippen LogP contribution >= 0.6 is 15.9 Å². The van der Waals surface area contributed by atoms with Crippen molar-refractivity contribution in [3.8, 4) is 0 Å². The van der Waals surface area contributed by atoms with Crippen molar-refractivity contribution in [1.29, 1.82) is 0 Å². The number of anilines is 1. The molecule has 0 aliphatic carbocycles. The van der Waals surface area contributed by atoms with E-state index in [1.165, 1.54) is 4.90 Å². The standard InChI is InChI=1S/C13H11BrFN3O3S/c14-12-10(2-1-9-13(12)17-4-3-16-9)18-6-8(5-11(18)19)7-22(15,20)21/h1-4,8H,5-7H2. The molecule has 1 aliphatic rings. The maximum atomic E-state index is 12.8. The van der Waals surface area contributed by atoms with Crippen molar-refractivity contribution in [1.82, 2.24) is 9.97 Å². The number of benzene rings is 1. The van der Waals surface area contributed by atoms with Crippen LogP contribution < -0.4 is 4.90 Å². The second-order valence-electron chi connectivity index (χ2n) is 5.10. The molecule has 9 heteroatoms. The van der Waals surface area contributed by atoms with Crippen LogP contribution in [0.15, 0.2) is 29.0 Å². The second-order valence-corrected chi connectivity index (χ2v) is 7.31. The van der Waals surface area contributed by atoms with E-state index in [0.29, 0.717) is 21.2 Å².